The van der Waals surface area contributed by atoms with Crippen LogP contribution in [0, 0.1) is 0 Å². The van der Waals surface area contributed by atoms with Crippen molar-refractivity contribution in [2.45, 2.75) is 35.6 Å². The molecule has 3 atom stereocenters. The van der Waals surface area contributed by atoms with Crippen molar-refractivity contribution in [3.8, 4) is 5.75 Å². The van der Waals surface area contributed by atoms with Crippen molar-refractivity contribution in [1.29, 1.82) is 0 Å². The van der Waals surface area contributed by atoms with Gasteiger partial charge in [0.25, 0.3) is 0 Å². The van der Waals surface area contributed by atoms with Crippen LogP contribution in [0.2, 0.25) is 0 Å². The van der Waals surface area contributed by atoms with Crippen molar-refractivity contribution in [2.24, 2.45) is 0 Å². The summed E-state index contributed by atoms with van der Waals surface area (Å²) in [6.45, 7) is 1.87. The third-order valence-corrected chi connectivity index (χ3v) is 6.37. The lowest BCUT2D eigenvalue weighted by Crippen LogP contribution is -2.30. The minimum absolute atomic E-state index is 0.0332. The molecule has 3 nitrogen and oxygen atoms in total. The van der Waals surface area contributed by atoms with Crippen LogP contribution in [-0.2, 0) is 17.2 Å². The zero-order valence-electron chi connectivity index (χ0n) is 14.2. The van der Waals surface area contributed by atoms with Gasteiger partial charge in [0.05, 0.1) is 16.0 Å². The highest BCUT2D eigenvalue weighted by atomic mass is 32.2. The van der Waals surface area contributed by atoms with Crippen LogP contribution in [0.25, 0.3) is 0 Å². The minimum Gasteiger partial charge on any atom is -0.508 e. The molecule has 5 heteroatoms. The maximum atomic E-state index is 14.3. The van der Waals surface area contributed by atoms with Crippen LogP contribution in [0.3, 0.4) is 0 Å². The SMILES string of the molecule is O=S(c1ccc(O)cc1)[C@H]1CCN(C[C@H](F)CCc2ccccc2)C1. The summed E-state index contributed by atoms with van der Waals surface area (Å²) >= 11 is 0. The Labute approximate surface area is 150 Å². The van der Waals surface area contributed by atoms with E-state index in [0.717, 1.165) is 29.8 Å². The molecule has 1 heterocycles. The van der Waals surface area contributed by atoms with Gasteiger partial charge in [-0.25, -0.2) is 4.39 Å². The van der Waals surface area contributed by atoms with E-state index in [1.165, 1.54) is 0 Å². The van der Waals surface area contributed by atoms with Gasteiger partial charge >= 0.3 is 0 Å². The lowest BCUT2D eigenvalue weighted by atomic mass is 10.1. The molecule has 134 valence electrons. The van der Waals surface area contributed by atoms with Gasteiger partial charge in [-0.1, -0.05) is 30.3 Å². The fourth-order valence-corrected chi connectivity index (χ4v) is 4.70. The second-order valence-corrected chi connectivity index (χ2v) is 8.32. The van der Waals surface area contributed by atoms with Crippen molar-refractivity contribution in [2.75, 3.05) is 19.6 Å². The molecule has 3 rings (SSSR count). The fourth-order valence-electron chi connectivity index (χ4n) is 3.25. The molecule has 2 aromatic carbocycles. The molecule has 2 aromatic rings. The van der Waals surface area contributed by atoms with Gasteiger partial charge in [-0.15, -0.1) is 0 Å². The minimum atomic E-state index is -1.11. The molecule has 1 aliphatic heterocycles. The Morgan fingerprint density at radius 2 is 1.88 bits per heavy atom. The predicted molar refractivity (Wildman–Crippen MR) is 99.0 cm³/mol. The van der Waals surface area contributed by atoms with Gasteiger partial charge < -0.3 is 5.11 Å². The molecule has 1 N–H and O–H groups in total. The number of rotatable bonds is 7. The van der Waals surface area contributed by atoms with Gasteiger partial charge in [-0.05, 0) is 55.6 Å². The van der Waals surface area contributed by atoms with E-state index in [2.05, 4.69) is 4.90 Å². The predicted octanol–water partition coefficient (Wildman–Crippen LogP) is 3.55. The number of hydrogen-bond donors (Lipinski definition) is 1. The van der Waals surface area contributed by atoms with E-state index in [1.807, 2.05) is 30.3 Å². The molecule has 1 aliphatic rings. The summed E-state index contributed by atoms with van der Waals surface area (Å²) < 4.78 is 26.9. The van der Waals surface area contributed by atoms with Gasteiger partial charge in [0.15, 0.2) is 0 Å². The summed E-state index contributed by atoms with van der Waals surface area (Å²) in [7, 11) is -1.11. The van der Waals surface area contributed by atoms with E-state index in [0.29, 0.717) is 19.5 Å². The van der Waals surface area contributed by atoms with Crippen LogP contribution < -0.4 is 0 Å². The van der Waals surface area contributed by atoms with Crippen LogP contribution in [0.15, 0.2) is 59.5 Å². The first-order valence-corrected chi connectivity index (χ1v) is 9.93. The standard InChI is InChI=1S/C20H24FNO2S/c21-17(7-6-16-4-2-1-3-5-16)14-22-13-12-20(15-22)25(24)19-10-8-18(23)9-11-19/h1-5,8-11,17,20,23H,6-7,12-15H2/t17-,20+,25?/m1/s1. The third-order valence-electron chi connectivity index (χ3n) is 4.65. The van der Waals surface area contributed by atoms with E-state index >= 15 is 0 Å². The monoisotopic (exact) mass is 361 g/mol. The summed E-state index contributed by atoms with van der Waals surface area (Å²) in [5.41, 5.74) is 1.16. The maximum Gasteiger partial charge on any atom is 0.115 e. The first kappa shape index (κ1) is 18.1. The Morgan fingerprint density at radius 1 is 1.16 bits per heavy atom. The van der Waals surface area contributed by atoms with Gasteiger partial charge in [-0.3, -0.25) is 9.11 Å². The second-order valence-electron chi connectivity index (χ2n) is 6.58. The highest BCUT2D eigenvalue weighted by molar-refractivity contribution is 7.85. The third kappa shape index (κ3) is 5.13. The number of nitrogens with zero attached hydrogens (tertiary/aromatic N) is 1. The lowest BCUT2D eigenvalue weighted by Gasteiger charge is -2.18. The summed E-state index contributed by atoms with van der Waals surface area (Å²) in [5, 5.41) is 9.36. The summed E-state index contributed by atoms with van der Waals surface area (Å²) in [5.74, 6) is 0.174. The molecular weight excluding hydrogens is 337 g/mol. The molecule has 0 radical (unpaired) electrons. The second kappa shape index (κ2) is 8.59. The van der Waals surface area contributed by atoms with Crippen molar-refractivity contribution >= 4 is 10.8 Å². The van der Waals surface area contributed by atoms with E-state index in [9.17, 15) is 13.7 Å². The number of alkyl halides is 1. The fraction of sp³-hybridized carbons (Fsp3) is 0.400. The number of aryl methyl sites for hydroxylation is 1. The largest absolute Gasteiger partial charge is 0.508 e. The summed E-state index contributed by atoms with van der Waals surface area (Å²) in [4.78, 5) is 2.81. The summed E-state index contributed by atoms with van der Waals surface area (Å²) in [6.07, 6.45) is 1.23. The topological polar surface area (TPSA) is 40.5 Å². The highest BCUT2D eigenvalue weighted by Gasteiger charge is 2.29. The van der Waals surface area contributed by atoms with Crippen LogP contribution in [0.1, 0.15) is 18.4 Å². The number of likely N-dealkylation sites (tertiary alicyclic amines) is 1. The van der Waals surface area contributed by atoms with Crippen LogP contribution in [0.5, 0.6) is 5.75 Å². The number of hydrogen-bond acceptors (Lipinski definition) is 3. The molecule has 0 amide bonds. The Kier molecular flexibility index (Phi) is 6.21. The molecule has 1 unspecified atom stereocenters. The number of aromatic hydroxyl groups is 1. The summed E-state index contributed by atoms with van der Waals surface area (Å²) in [6, 6.07) is 16.5. The zero-order chi connectivity index (χ0) is 17.6. The number of phenolic OH excluding ortho intramolecular Hbond substituents is 1. The van der Waals surface area contributed by atoms with Gasteiger partial charge in [0.1, 0.15) is 11.9 Å². The first-order valence-electron chi connectivity index (χ1n) is 8.72. The first-order chi connectivity index (χ1) is 12.1. The van der Waals surface area contributed by atoms with Crippen LogP contribution in [0.4, 0.5) is 4.39 Å². The normalized spacial score (nSPS) is 20.4. The molecule has 1 saturated heterocycles. The van der Waals surface area contributed by atoms with Crippen molar-refractivity contribution in [1.82, 2.24) is 4.90 Å². The Morgan fingerprint density at radius 3 is 2.60 bits per heavy atom. The van der Waals surface area contributed by atoms with E-state index < -0.39 is 17.0 Å². The van der Waals surface area contributed by atoms with Crippen LogP contribution >= 0.6 is 0 Å². The number of halogens is 1. The van der Waals surface area contributed by atoms with Gasteiger partial charge in [0.2, 0.25) is 0 Å². The molecule has 0 aromatic heterocycles. The maximum absolute atomic E-state index is 14.3. The number of phenols is 1. The molecule has 1 fully saturated rings. The van der Waals surface area contributed by atoms with E-state index in [-0.39, 0.29) is 11.0 Å². The molecule has 0 aliphatic carbocycles. The Balaban J connectivity index is 1.46. The quantitative estimate of drug-likeness (QED) is 0.820. The van der Waals surface area contributed by atoms with E-state index in [4.69, 9.17) is 0 Å². The van der Waals surface area contributed by atoms with Crippen molar-refractivity contribution in [3.05, 3.63) is 60.2 Å². The molecule has 0 spiro atoms. The molecule has 0 saturated carbocycles. The highest BCUT2D eigenvalue weighted by Crippen LogP contribution is 2.23. The molecule has 0 bridgehead atoms. The molecule has 25 heavy (non-hydrogen) atoms. The Hall–Kier alpha value is -1.72. The van der Waals surface area contributed by atoms with E-state index in [1.54, 1.807) is 24.3 Å². The number of benzene rings is 2. The average molecular weight is 361 g/mol. The van der Waals surface area contributed by atoms with Crippen molar-refractivity contribution in [3.63, 3.8) is 0 Å². The lowest BCUT2D eigenvalue weighted by molar-refractivity contribution is 0.211. The van der Waals surface area contributed by atoms with Gasteiger partial charge in [0, 0.05) is 18.0 Å². The van der Waals surface area contributed by atoms with Gasteiger partial charge in [-0.2, -0.15) is 0 Å². The Bertz CT molecular complexity index is 693. The smallest absolute Gasteiger partial charge is 0.115 e. The van der Waals surface area contributed by atoms with Crippen molar-refractivity contribution < 1.29 is 13.7 Å². The van der Waals surface area contributed by atoms with Crippen LogP contribution in [-0.4, -0.2) is 45.3 Å². The zero-order valence-corrected chi connectivity index (χ0v) is 15.0. The average Bonchev–Trinajstić information content (AvgIpc) is 3.09. The molecular formula is C20H24FNO2S.